The van der Waals surface area contributed by atoms with Crippen LogP contribution in [0, 0.1) is 12.7 Å². The van der Waals surface area contributed by atoms with E-state index in [1.807, 2.05) is 0 Å². The highest BCUT2D eigenvalue weighted by molar-refractivity contribution is 6.28. The molecule has 0 unspecified atom stereocenters. The van der Waals surface area contributed by atoms with E-state index >= 15 is 0 Å². The van der Waals surface area contributed by atoms with Gasteiger partial charge in [-0.25, -0.2) is 9.37 Å². The van der Waals surface area contributed by atoms with Gasteiger partial charge in [0.1, 0.15) is 5.82 Å². The lowest BCUT2D eigenvalue weighted by Gasteiger charge is -2.10. The summed E-state index contributed by atoms with van der Waals surface area (Å²) in [6.45, 7) is 1.72. The Hall–Kier alpha value is -1.88. The third-order valence-corrected chi connectivity index (χ3v) is 2.37. The molecule has 17 heavy (non-hydrogen) atoms. The SMILES string of the molecule is Cc1nc(Cl)nc(Nc2cccc(F)c2)c1N. The highest BCUT2D eigenvalue weighted by Gasteiger charge is 2.08. The van der Waals surface area contributed by atoms with E-state index in [0.29, 0.717) is 22.9 Å². The Kier molecular flexibility index (Phi) is 3.10. The maximum absolute atomic E-state index is 13.0. The number of nitrogens with one attached hydrogen (secondary N) is 1. The van der Waals surface area contributed by atoms with Crippen molar-refractivity contribution in [2.24, 2.45) is 0 Å². The van der Waals surface area contributed by atoms with Gasteiger partial charge in [0.25, 0.3) is 0 Å². The Balaban J connectivity index is 2.36. The highest BCUT2D eigenvalue weighted by atomic mass is 35.5. The lowest BCUT2D eigenvalue weighted by molar-refractivity contribution is 0.628. The van der Waals surface area contributed by atoms with Crippen LogP contribution < -0.4 is 11.1 Å². The largest absolute Gasteiger partial charge is 0.394 e. The number of anilines is 3. The van der Waals surface area contributed by atoms with Gasteiger partial charge in [0, 0.05) is 5.69 Å². The van der Waals surface area contributed by atoms with Gasteiger partial charge in [-0.2, -0.15) is 4.98 Å². The van der Waals surface area contributed by atoms with Gasteiger partial charge in [0.2, 0.25) is 5.28 Å². The molecule has 6 heteroatoms. The number of rotatable bonds is 2. The molecule has 0 aliphatic heterocycles. The number of nitrogens with zero attached hydrogens (tertiary/aromatic N) is 2. The minimum atomic E-state index is -0.342. The Morgan fingerprint density at radius 1 is 1.35 bits per heavy atom. The molecule has 0 aliphatic carbocycles. The van der Waals surface area contributed by atoms with Gasteiger partial charge in [0.05, 0.1) is 11.4 Å². The molecule has 0 saturated carbocycles. The van der Waals surface area contributed by atoms with Crippen LogP contribution in [0.15, 0.2) is 24.3 Å². The van der Waals surface area contributed by atoms with Crippen molar-refractivity contribution in [1.29, 1.82) is 0 Å². The molecule has 4 nitrogen and oxygen atoms in total. The van der Waals surface area contributed by atoms with E-state index in [1.54, 1.807) is 19.1 Å². The number of hydrogen-bond acceptors (Lipinski definition) is 4. The molecule has 1 aromatic carbocycles. The number of benzene rings is 1. The molecule has 1 aromatic heterocycles. The molecule has 0 fully saturated rings. The Morgan fingerprint density at radius 3 is 2.82 bits per heavy atom. The predicted octanol–water partition coefficient (Wildman–Crippen LogP) is 2.90. The Morgan fingerprint density at radius 2 is 2.12 bits per heavy atom. The van der Waals surface area contributed by atoms with Crippen LogP contribution in [-0.4, -0.2) is 9.97 Å². The summed E-state index contributed by atoms with van der Waals surface area (Å²) in [4.78, 5) is 7.86. The summed E-state index contributed by atoms with van der Waals surface area (Å²) in [5.74, 6) is 0.0264. The lowest BCUT2D eigenvalue weighted by atomic mass is 10.3. The van der Waals surface area contributed by atoms with Crippen molar-refractivity contribution in [2.45, 2.75) is 6.92 Å². The fourth-order valence-electron chi connectivity index (χ4n) is 1.35. The van der Waals surface area contributed by atoms with Crippen molar-refractivity contribution in [3.05, 3.63) is 41.1 Å². The number of nitrogens with two attached hydrogens (primary N) is 1. The first-order chi connectivity index (χ1) is 8.06. The molecule has 2 rings (SSSR count). The van der Waals surface area contributed by atoms with Gasteiger partial charge in [-0.1, -0.05) is 6.07 Å². The van der Waals surface area contributed by atoms with Gasteiger partial charge in [-0.15, -0.1) is 0 Å². The molecule has 0 atom stereocenters. The molecule has 3 N–H and O–H groups in total. The zero-order valence-electron chi connectivity index (χ0n) is 9.04. The zero-order chi connectivity index (χ0) is 12.4. The van der Waals surface area contributed by atoms with Crippen molar-refractivity contribution >= 4 is 28.8 Å². The normalized spacial score (nSPS) is 10.3. The van der Waals surface area contributed by atoms with Crippen LogP contribution in [-0.2, 0) is 0 Å². The average molecular weight is 253 g/mol. The fourth-order valence-corrected chi connectivity index (χ4v) is 1.56. The standard InChI is InChI=1S/C11H10ClFN4/c1-6-9(14)10(17-11(12)15-6)16-8-4-2-3-7(13)5-8/h2-5H,14H2,1H3,(H,15,16,17). The van der Waals surface area contributed by atoms with Crippen LogP contribution in [0.2, 0.25) is 5.28 Å². The topological polar surface area (TPSA) is 63.8 Å². The van der Waals surface area contributed by atoms with Gasteiger partial charge in [-0.05, 0) is 36.7 Å². The van der Waals surface area contributed by atoms with Crippen LogP contribution in [0.3, 0.4) is 0 Å². The Labute approximate surface area is 103 Å². The molecule has 2 aromatic rings. The molecule has 0 saturated heterocycles. The minimum Gasteiger partial charge on any atom is -0.394 e. The number of halogens is 2. The lowest BCUT2D eigenvalue weighted by Crippen LogP contribution is -2.03. The summed E-state index contributed by atoms with van der Waals surface area (Å²) in [5, 5.41) is 2.99. The maximum atomic E-state index is 13.0. The summed E-state index contributed by atoms with van der Waals surface area (Å²) in [6, 6.07) is 5.98. The van der Waals surface area contributed by atoms with Crippen LogP contribution >= 0.6 is 11.6 Å². The van der Waals surface area contributed by atoms with Crippen molar-refractivity contribution in [2.75, 3.05) is 11.1 Å². The van der Waals surface area contributed by atoms with E-state index in [9.17, 15) is 4.39 Å². The second kappa shape index (κ2) is 4.55. The predicted molar refractivity (Wildman–Crippen MR) is 65.9 cm³/mol. The summed E-state index contributed by atoms with van der Waals surface area (Å²) in [5.41, 5.74) is 7.31. The number of nitrogen functional groups attached to an aromatic ring is 1. The average Bonchev–Trinajstić information content (AvgIpc) is 2.25. The van der Waals surface area contributed by atoms with Crippen molar-refractivity contribution in [1.82, 2.24) is 9.97 Å². The van der Waals surface area contributed by atoms with Gasteiger partial charge >= 0.3 is 0 Å². The number of aryl methyl sites for hydroxylation is 1. The first-order valence-electron chi connectivity index (χ1n) is 4.88. The second-order valence-electron chi connectivity index (χ2n) is 3.48. The van der Waals surface area contributed by atoms with Crippen molar-refractivity contribution in [3.63, 3.8) is 0 Å². The summed E-state index contributed by atoms with van der Waals surface area (Å²) < 4.78 is 13.0. The third-order valence-electron chi connectivity index (χ3n) is 2.20. The molecule has 0 aliphatic rings. The van der Waals surface area contributed by atoms with E-state index in [0.717, 1.165) is 0 Å². The van der Waals surface area contributed by atoms with E-state index in [-0.39, 0.29) is 11.1 Å². The van der Waals surface area contributed by atoms with Crippen molar-refractivity contribution < 1.29 is 4.39 Å². The molecule has 0 radical (unpaired) electrons. The monoisotopic (exact) mass is 252 g/mol. The van der Waals surface area contributed by atoms with E-state index in [1.165, 1.54) is 12.1 Å². The van der Waals surface area contributed by atoms with E-state index in [4.69, 9.17) is 17.3 Å². The molecule has 1 heterocycles. The van der Waals surface area contributed by atoms with Crippen LogP contribution in [0.1, 0.15) is 5.69 Å². The van der Waals surface area contributed by atoms with Gasteiger partial charge in [-0.3, -0.25) is 0 Å². The highest BCUT2D eigenvalue weighted by Crippen LogP contribution is 2.24. The zero-order valence-corrected chi connectivity index (χ0v) is 9.79. The first-order valence-corrected chi connectivity index (χ1v) is 5.26. The molecular weight excluding hydrogens is 243 g/mol. The summed E-state index contributed by atoms with van der Waals surface area (Å²) in [6.07, 6.45) is 0. The molecule has 0 amide bonds. The Bertz CT molecular complexity index is 559. The minimum absolute atomic E-state index is 0.0932. The molecule has 0 spiro atoms. The fraction of sp³-hybridized carbons (Fsp3) is 0.0909. The quantitative estimate of drug-likeness (QED) is 0.807. The smallest absolute Gasteiger partial charge is 0.224 e. The maximum Gasteiger partial charge on any atom is 0.224 e. The number of aromatic nitrogens is 2. The number of hydrogen-bond donors (Lipinski definition) is 2. The van der Waals surface area contributed by atoms with Crippen LogP contribution in [0.25, 0.3) is 0 Å². The van der Waals surface area contributed by atoms with Crippen LogP contribution in [0.4, 0.5) is 21.6 Å². The summed E-state index contributed by atoms with van der Waals surface area (Å²) in [7, 11) is 0. The van der Waals surface area contributed by atoms with E-state index in [2.05, 4.69) is 15.3 Å². The van der Waals surface area contributed by atoms with Gasteiger partial charge in [0.15, 0.2) is 5.82 Å². The first kappa shape index (κ1) is 11.6. The van der Waals surface area contributed by atoms with E-state index < -0.39 is 0 Å². The third kappa shape index (κ3) is 2.62. The molecule has 0 bridgehead atoms. The molecule has 88 valence electrons. The summed E-state index contributed by atoms with van der Waals surface area (Å²) >= 11 is 5.73. The second-order valence-corrected chi connectivity index (χ2v) is 3.81. The van der Waals surface area contributed by atoms with Crippen LogP contribution in [0.5, 0.6) is 0 Å². The molecular formula is C11H10ClFN4. The van der Waals surface area contributed by atoms with Gasteiger partial charge < -0.3 is 11.1 Å². The van der Waals surface area contributed by atoms with Crippen molar-refractivity contribution in [3.8, 4) is 0 Å².